The highest BCUT2D eigenvalue weighted by molar-refractivity contribution is 6.31. The molecule has 5 heteroatoms. The predicted molar refractivity (Wildman–Crippen MR) is 118 cm³/mol. The maximum atomic E-state index is 13.2. The molecule has 2 aromatic rings. The monoisotopic (exact) mass is 409 g/mol. The van der Waals surface area contributed by atoms with E-state index in [0.29, 0.717) is 18.0 Å². The van der Waals surface area contributed by atoms with E-state index in [0.717, 1.165) is 29.9 Å². The lowest BCUT2D eigenvalue weighted by Gasteiger charge is -2.29. The Morgan fingerprint density at radius 2 is 1.83 bits per heavy atom. The molecule has 0 spiro atoms. The van der Waals surface area contributed by atoms with E-state index in [1.165, 1.54) is 30.4 Å². The number of benzene rings is 2. The zero-order valence-electron chi connectivity index (χ0n) is 17.2. The fourth-order valence-corrected chi connectivity index (χ4v) is 4.47. The second-order valence-electron chi connectivity index (χ2n) is 8.16. The van der Waals surface area contributed by atoms with E-state index in [1.807, 2.05) is 24.3 Å². The van der Waals surface area contributed by atoms with Crippen molar-refractivity contribution in [3.63, 3.8) is 0 Å². The number of nitrogens with zero attached hydrogens (tertiary/aromatic N) is 3. The molecule has 2 aliphatic rings. The number of piperidine rings is 1. The van der Waals surface area contributed by atoms with E-state index < -0.39 is 0 Å². The van der Waals surface area contributed by atoms with Crippen LogP contribution in [0.5, 0.6) is 0 Å². The molecule has 4 rings (SSSR count). The zero-order chi connectivity index (χ0) is 20.4. The van der Waals surface area contributed by atoms with Gasteiger partial charge in [-0.25, -0.2) is 5.01 Å². The summed E-state index contributed by atoms with van der Waals surface area (Å²) in [5.41, 5.74) is 5.48. The average molecular weight is 410 g/mol. The number of hydrazone groups is 1. The number of amides is 1. The number of rotatable bonds is 4. The van der Waals surface area contributed by atoms with E-state index in [-0.39, 0.29) is 11.9 Å². The standard InChI is InChI=1S/C24H28ClN3O/c1-17-10-11-19(14-18(17)2)22-15-23(20-8-4-5-9-21(20)25)28(26-22)24(29)16-27-12-6-3-7-13-27/h4-5,8-11,14,23H,3,6-7,12-13,15-16H2,1-2H3. The number of hydrogen-bond donors (Lipinski definition) is 0. The predicted octanol–water partition coefficient (Wildman–Crippen LogP) is 5.12. The number of likely N-dealkylation sites (tertiary alicyclic amines) is 1. The van der Waals surface area contributed by atoms with Crippen LogP contribution >= 0.6 is 11.6 Å². The number of carbonyl (C=O) groups excluding carboxylic acids is 1. The molecule has 0 aliphatic carbocycles. The van der Waals surface area contributed by atoms with Gasteiger partial charge < -0.3 is 0 Å². The normalized spacial score (nSPS) is 20.0. The van der Waals surface area contributed by atoms with Crippen LogP contribution in [0.1, 0.15) is 54.0 Å². The molecule has 1 amide bonds. The highest BCUT2D eigenvalue weighted by Crippen LogP contribution is 2.36. The fraction of sp³-hybridized carbons (Fsp3) is 0.417. The summed E-state index contributed by atoms with van der Waals surface area (Å²) < 4.78 is 0. The summed E-state index contributed by atoms with van der Waals surface area (Å²) in [7, 11) is 0. The summed E-state index contributed by atoms with van der Waals surface area (Å²) in [4.78, 5) is 15.5. The Morgan fingerprint density at radius 1 is 1.07 bits per heavy atom. The van der Waals surface area contributed by atoms with E-state index in [1.54, 1.807) is 5.01 Å². The van der Waals surface area contributed by atoms with Crippen LogP contribution in [-0.4, -0.2) is 41.2 Å². The molecule has 0 bridgehead atoms. The Hall–Kier alpha value is -2.17. The molecule has 1 fully saturated rings. The van der Waals surface area contributed by atoms with Crippen LogP contribution in [-0.2, 0) is 4.79 Å². The van der Waals surface area contributed by atoms with Gasteiger partial charge in [-0.1, -0.05) is 48.4 Å². The SMILES string of the molecule is Cc1ccc(C2=NN(C(=O)CN3CCCCC3)C(c3ccccc3Cl)C2)cc1C. The van der Waals surface area contributed by atoms with Gasteiger partial charge in [-0.3, -0.25) is 9.69 Å². The minimum Gasteiger partial charge on any atom is -0.294 e. The molecule has 0 saturated carbocycles. The molecule has 0 radical (unpaired) electrons. The zero-order valence-corrected chi connectivity index (χ0v) is 18.0. The van der Waals surface area contributed by atoms with Gasteiger partial charge in [0, 0.05) is 11.4 Å². The van der Waals surface area contributed by atoms with Crippen molar-refractivity contribution in [3.05, 3.63) is 69.7 Å². The minimum atomic E-state index is -0.155. The molecule has 29 heavy (non-hydrogen) atoms. The maximum Gasteiger partial charge on any atom is 0.257 e. The van der Waals surface area contributed by atoms with E-state index in [4.69, 9.17) is 16.7 Å². The van der Waals surface area contributed by atoms with Gasteiger partial charge in [0.15, 0.2) is 0 Å². The summed E-state index contributed by atoms with van der Waals surface area (Å²) in [5, 5.41) is 7.17. The molecular formula is C24H28ClN3O. The van der Waals surface area contributed by atoms with Crippen LogP contribution < -0.4 is 0 Å². The van der Waals surface area contributed by atoms with E-state index in [9.17, 15) is 4.79 Å². The Morgan fingerprint density at radius 3 is 2.55 bits per heavy atom. The highest BCUT2D eigenvalue weighted by atomic mass is 35.5. The molecular weight excluding hydrogens is 382 g/mol. The molecule has 152 valence electrons. The third-order valence-corrected chi connectivity index (χ3v) is 6.42. The molecule has 2 heterocycles. The largest absolute Gasteiger partial charge is 0.294 e. The van der Waals surface area contributed by atoms with Crippen molar-refractivity contribution in [3.8, 4) is 0 Å². The number of aryl methyl sites for hydroxylation is 2. The number of carbonyl (C=O) groups is 1. The second kappa shape index (κ2) is 8.68. The Bertz CT molecular complexity index is 933. The first-order valence-corrected chi connectivity index (χ1v) is 10.8. The van der Waals surface area contributed by atoms with Gasteiger partial charge in [0.1, 0.15) is 0 Å². The van der Waals surface area contributed by atoms with Gasteiger partial charge >= 0.3 is 0 Å². The first kappa shape index (κ1) is 20.1. The van der Waals surface area contributed by atoms with Gasteiger partial charge in [-0.2, -0.15) is 5.10 Å². The molecule has 1 atom stereocenters. The molecule has 1 unspecified atom stereocenters. The lowest BCUT2D eigenvalue weighted by Crippen LogP contribution is -2.40. The quantitative estimate of drug-likeness (QED) is 0.702. The summed E-state index contributed by atoms with van der Waals surface area (Å²) in [5.74, 6) is 0.0515. The maximum absolute atomic E-state index is 13.2. The third kappa shape index (κ3) is 4.39. The molecule has 4 nitrogen and oxygen atoms in total. The van der Waals surface area contributed by atoms with Gasteiger partial charge in [0.05, 0.1) is 18.3 Å². The Balaban J connectivity index is 1.64. The van der Waals surface area contributed by atoms with Crippen LogP contribution in [0.25, 0.3) is 0 Å². The first-order chi connectivity index (χ1) is 14.0. The smallest absolute Gasteiger partial charge is 0.257 e. The summed E-state index contributed by atoms with van der Waals surface area (Å²) in [6.07, 6.45) is 4.26. The van der Waals surface area contributed by atoms with Crippen molar-refractivity contribution in [2.24, 2.45) is 5.10 Å². The molecule has 2 aliphatic heterocycles. The third-order valence-electron chi connectivity index (χ3n) is 6.08. The lowest BCUT2D eigenvalue weighted by molar-refractivity contribution is -0.134. The van der Waals surface area contributed by atoms with Gasteiger partial charge in [0.2, 0.25) is 0 Å². The summed E-state index contributed by atoms with van der Waals surface area (Å²) >= 11 is 6.51. The van der Waals surface area contributed by atoms with Crippen molar-refractivity contribution in [2.45, 2.75) is 45.6 Å². The van der Waals surface area contributed by atoms with Crippen LogP contribution in [0.15, 0.2) is 47.6 Å². The number of halogens is 1. The highest BCUT2D eigenvalue weighted by Gasteiger charge is 2.34. The van der Waals surface area contributed by atoms with Crippen molar-refractivity contribution < 1.29 is 4.79 Å². The molecule has 1 saturated heterocycles. The van der Waals surface area contributed by atoms with Crippen molar-refractivity contribution in [2.75, 3.05) is 19.6 Å². The van der Waals surface area contributed by atoms with Crippen molar-refractivity contribution in [1.29, 1.82) is 0 Å². The Kier molecular flexibility index (Phi) is 6.02. The van der Waals surface area contributed by atoms with Gasteiger partial charge in [-0.05, 0) is 74.2 Å². The molecule has 0 N–H and O–H groups in total. The first-order valence-electron chi connectivity index (χ1n) is 10.5. The topological polar surface area (TPSA) is 35.9 Å². The minimum absolute atomic E-state index is 0.0515. The number of hydrogen-bond acceptors (Lipinski definition) is 3. The fourth-order valence-electron chi connectivity index (χ4n) is 4.20. The van der Waals surface area contributed by atoms with Gasteiger partial charge in [0.25, 0.3) is 5.91 Å². The van der Waals surface area contributed by atoms with Crippen LogP contribution in [0.4, 0.5) is 0 Å². The molecule has 0 aromatic heterocycles. The van der Waals surface area contributed by atoms with E-state index in [2.05, 4.69) is 36.9 Å². The summed E-state index contributed by atoms with van der Waals surface area (Å²) in [6, 6.07) is 14.0. The van der Waals surface area contributed by atoms with Crippen LogP contribution in [0, 0.1) is 13.8 Å². The van der Waals surface area contributed by atoms with Crippen LogP contribution in [0.3, 0.4) is 0 Å². The summed E-state index contributed by atoms with van der Waals surface area (Å²) in [6.45, 7) is 6.62. The van der Waals surface area contributed by atoms with Crippen molar-refractivity contribution >= 4 is 23.2 Å². The van der Waals surface area contributed by atoms with Crippen LogP contribution in [0.2, 0.25) is 5.02 Å². The lowest BCUT2D eigenvalue weighted by atomic mass is 9.96. The average Bonchev–Trinajstić information content (AvgIpc) is 3.16. The second-order valence-corrected chi connectivity index (χ2v) is 8.57. The van der Waals surface area contributed by atoms with Gasteiger partial charge in [-0.15, -0.1) is 0 Å². The van der Waals surface area contributed by atoms with E-state index >= 15 is 0 Å². The van der Waals surface area contributed by atoms with Crippen molar-refractivity contribution in [1.82, 2.24) is 9.91 Å². The Labute approximate surface area is 178 Å². The molecule has 2 aromatic carbocycles.